The fourth-order valence-corrected chi connectivity index (χ4v) is 1.69. The van der Waals surface area contributed by atoms with Crippen molar-refractivity contribution in [1.82, 2.24) is 4.90 Å². The van der Waals surface area contributed by atoms with Gasteiger partial charge in [0.05, 0.1) is 5.69 Å². The number of rotatable bonds is 6. The van der Waals surface area contributed by atoms with Gasteiger partial charge in [-0.2, -0.15) is 0 Å². The van der Waals surface area contributed by atoms with E-state index in [9.17, 15) is 9.59 Å². The molecule has 104 valence electrons. The minimum Gasteiger partial charge on any atom is -0.481 e. The van der Waals surface area contributed by atoms with Crippen LogP contribution in [0, 0.1) is 0 Å². The van der Waals surface area contributed by atoms with Crippen molar-refractivity contribution in [3.05, 3.63) is 23.8 Å². The molecule has 0 fully saturated rings. The maximum Gasteiger partial charge on any atom is 0.339 e. The monoisotopic (exact) mass is 266 g/mol. The quantitative estimate of drug-likeness (QED) is 0.755. The molecule has 1 aromatic carbocycles. The molecule has 0 aliphatic heterocycles. The molecule has 0 aliphatic rings. The van der Waals surface area contributed by atoms with Gasteiger partial charge in [0.25, 0.3) is 5.91 Å². The van der Waals surface area contributed by atoms with E-state index in [0.29, 0.717) is 13.1 Å². The summed E-state index contributed by atoms with van der Waals surface area (Å²) in [6, 6.07) is 4.44. The number of carboxylic acid groups (broad SMARTS) is 1. The molecule has 0 heterocycles. The fourth-order valence-electron chi connectivity index (χ4n) is 1.69. The molecule has 0 aliphatic carbocycles. The maximum absolute atomic E-state index is 11.8. The summed E-state index contributed by atoms with van der Waals surface area (Å²) in [5.74, 6) is -1.31. The smallest absolute Gasteiger partial charge is 0.339 e. The minimum absolute atomic E-state index is 0.0375. The van der Waals surface area contributed by atoms with E-state index < -0.39 is 5.97 Å². The molecule has 0 saturated heterocycles. The average molecular weight is 266 g/mol. The first-order valence-electron chi connectivity index (χ1n) is 6.03. The summed E-state index contributed by atoms with van der Waals surface area (Å²) in [6.45, 7) is 4.65. The summed E-state index contributed by atoms with van der Waals surface area (Å²) in [5.41, 5.74) is 5.83. The van der Waals surface area contributed by atoms with Gasteiger partial charge in [-0.25, -0.2) is 4.79 Å². The number of nitrogens with two attached hydrogens (primary N) is 1. The molecule has 3 N–H and O–H groups in total. The highest BCUT2D eigenvalue weighted by Crippen LogP contribution is 2.26. The van der Waals surface area contributed by atoms with Crippen LogP contribution in [0.25, 0.3) is 0 Å². The number of carboxylic acids is 1. The molecule has 0 spiro atoms. The number of benzene rings is 1. The number of aromatic carboxylic acids is 1. The summed E-state index contributed by atoms with van der Waals surface area (Å²) in [5, 5.41) is 9.03. The number of amides is 1. The van der Waals surface area contributed by atoms with Crippen LogP contribution in [0.1, 0.15) is 24.2 Å². The third kappa shape index (κ3) is 3.61. The SMILES string of the molecule is CCN(CC)C(=O)COc1c(N)cccc1C(=O)O. The van der Waals surface area contributed by atoms with Gasteiger partial charge in [-0.3, -0.25) is 4.79 Å². The molecule has 0 unspecified atom stereocenters. The fraction of sp³-hybridized carbons (Fsp3) is 0.385. The van der Waals surface area contributed by atoms with Crippen molar-refractivity contribution in [3.8, 4) is 5.75 Å². The van der Waals surface area contributed by atoms with Gasteiger partial charge in [0.1, 0.15) is 5.56 Å². The van der Waals surface area contributed by atoms with Crippen LogP contribution in [0.4, 0.5) is 5.69 Å². The zero-order valence-electron chi connectivity index (χ0n) is 11.0. The van der Waals surface area contributed by atoms with Gasteiger partial charge in [-0.15, -0.1) is 0 Å². The topological polar surface area (TPSA) is 92.9 Å². The first-order chi connectivity index (χ1) is 9.01. The average Bonchev–Trinajstić information content (AvgIpc) is 2.38. The van der Waals surface area contributed by atoms with Crippen LogP contribution in [0.5, 0.6) is 5.75 Å². The van der Waals surface area contributed by atoms with Gasteiger partial charge in [0, 0.05) is 13.1 Å². The van der Waals surface area contributed by atoms with Crippen molar-refractivity contribution in [2.24, 2.45) is 0 Å². The first-order valence-corrected chi connectivity index (χ1v) is 6.03. The Bertz CT molecular complexity index is 470. The molecular formula is C13H18N2O4. The number of para-hydroxylation sites is 1. The number of carbonyl (C=O) groups is 2. The first kappa shape index (κ1) is 14.8. The Labute approximate surface area is 111 Å². The maximum atomic E-state index is 11.8. The Morgan fingerprint density at radius 3 is 2.47 bits per heavy atom. The third-order valence-electron chi connectivity index (χ3n) is 2.73. The van der Waals surface area contributed by atoms with Gasteiger partial charge in [0.15, 0.2) is 12.4 Å². The molecule has 6 nitrogen and oxygen atoms in total. The Balaban J connectivity index is 2.83. The lowest BCUT2D eigenvalue weighted by Gasteiger charge is -2.19. The van der Waals surface area contributed by atoms with Crippen LogP contribution in [0.15, 0.2) is 18.2 Å². The summed E-state index contributed by atoms with van der Waals surface area (Å²) < 4.78 is 5.28. The van der Waals surface area contributed by atoms with Crippen molar-refractivity contribution in [2.75, 3.05) is 25.4 Å². The molecule has 1 amide bonds. The highest BCUT2D eigenvalue weighted by Gasteiger charge is 2.16. The van der Waals surface area contributed by atoms with Crippen LogP contribution < -0.4 is 10.5 Å². The Morgan fingerprint density at radius 2 is 1.95 bits per heavy atom. The molecule has 1 aromatic rings. The van der Waals surface area contributed by atoms with E-state index in [1.54, 1.807) is 4.90 Å². The van der Waals surface area contributed by atoms with E-state index in [1.807, 2.05) is 13.8 Å². The summed E-state index contributed by atoms with van der Waals surface area (Å²) in [6.07, 6.45) is 0. The Kier molecular flexibility index (Phi) is 5.17. The van der Waals surface area contributed by atoms with E-state index in [-0.39, 0.29) is 29.5 Å². The number of ether oxygens (including phenoxy) is 1. The van der Waals surface area contributed by atoms with Gasteiger partial charge in [-0.05, 0) is 26.0 Å². The number of nitrogens with zero attached hydrogens (tertiary/aromatic N) is 1. The lowest BCUT2D eigenvalue weighted by Crippen LogP contribution is -2.34. The second kappa shape index (κ2) is 6.63. The molecule has 1 rings (SSSR count). The Hall–Kier alpha value is -2.24. The van der Waals surface area contributed by atoms with Crippen molar-refractivity contribution in [2.45, 2.75) is 13.8 Å². The molecule has 0 atom stereocenters. The zero-order valence-corrected chi connectivity index (χ0v) is 11.0. The third-order valence-corrected chi connectivity index (χ3v) is 2.73. The lowest BCUT2D eigenvalue weighted by atomic mass is 10.2. The highest BCUT2D eigenvalue weighted by atomic mass is 16.5. The second-order valence-electron chi connectivity index (χ2n) is 3.88. The number of hydrogen-bond donors (Lipinski definition) is 2. The largest absolute Gasteiger partial charge is 0.481 e. The summed E-state index contributed by atoms with van der Waals surface area (Å²) >= 11 is 0. The molecule has 19 heavy (non-hydrogen) atoms. The Morgan fingerprint density at radius 1 is 1.32 bits per heavy atom. The van der Waals surface area contributed by atoms with Crippen LogP contribution >= 0.6 is 0 Å². The van der Waals surface area contributed by atoms with Crippen LogP contribution in [0.2, 0.25) is 0 Å². The van der Waals surface area contributed by atoms with E-state index in [1.165, 1.54) is 18.2 Å². The highest BCUT2D eigenvalue weighted by molar-refractivity contribution is 5.93. The van der Waals surface area contributed by atoms with Crippen LogP contribution in [-0.2, 0) is 4.79 Å². The second-order valence-corrected chi connectivity index (χ2v) is 3.88. The van der Waals surface area contributed by atoms with Crippen LogP contribution in [-0.4, -0.2) is 41.6 Å². The predicted molar refractivity (Wildman–Crippen MR) is 71.2 cm³/mol. The van der Waals surface area contributed by atoms with Crippen molar-refractivity contribution in [1.29, 1.82) is 0 Å². The van der Waals surface area contributed by atoms with Crippen molar-refractivity contribution < 1.29 is 19.4 Å². The zero-order chi connectivity index (χ0) is 14.4. The lowest BCUT2D eigenvalue weighted by molar-refractivity contribution is -0.132. The van der Waals surface area contributed by atoms with Gasteiger partial charge < -0.3 is 20.5 Å². The number of nitrogen functional groups attached to an aromatic ring is 1. The predicted octanol–water partition coefficient (Wildman–Crippen LogP) is 1.21. The van der Waals surface area contributed by atoms with Crippen molar-refractivity contribution >= 4 is 17.6 Å². The molecule has 0 aromatic heterocycles. The van der Waals surface area contributed by atoms with E-state index in [4.69, 9.17) is 15.6 Å². The van der Waals surface area contributed by atoms with Crippen molar-refractivity contribution in [3.63, 3.8) is 0 Å². The van der Waals surface area contributed by atoms with E-state index >= 15 is 0 Å². The van der Waals surface area contributed by atoms with Crippen LogP contribution in [0.3, 0.4) is 0 Å². The van der Waals surface area contributed by atoms with Gasteiger partial charge in [0.2, 0.25) is 0 Å². The molecular weight excluding hydrogens is 248 g/mol. The van der Waals surface area contributed by atoms with Gasteiger partial charge >= 0.3 is 5.97 Å². The number of hydrogen-bond acceptors (Lipinski definition) is 4. The van der Waals surface area contributed by atoms with E-state index in [2.05, 4.69) is 0 Å². The standard InChI is InChI=1S/C13H18N2O4/c1-3-15(4-2)11(16)8-19-12-9(13(17)18)6-5-7-10(12)14/h5-7H,3-4,8,14H2,1-2H3,(H,17,18). The molecule has 0 bridgehead atoms. The van der Waals surface area contributed by atoms with E-state index in [0.717, 1.165) is 0 Å². The normalized spacial score (nSPS) is 10.0. The summed E-state index contributed by atoms with van der Waals surface area (Å²) in [7, 11) is 0. The molecule has 0 radical (unpaired) electrons. The summed E-state index contributed by atoms with van der Waals surface area (Å²) in [4.78, 5) is 24.4. The number of likely N-dealkylation sites (N-methyl/N-ethyl adjacent to an activating group) is 1. The van der Waals surface area contributed by atoms with Gasteiger partial charge in [-0.1, -0.05) is 6.07 Å². The number of anilines is 1. The molecule has 6 heteroatoms. The molecule has 0 saturated carbocycles. The minimum atomic E-state index is -1.14. The number of carbonyl (C=O) groups excluding carboxylic acids is 1.